The van der Waals surface area contributed by atoms with Gasteiger partial charge in [0.05, 0.1) is 39.6 Å². The molecule has 4 heterocycles. The summed E-state index contributed by atoms with van der Waals surface area (Å²) in [7, 11) is 0. The molecular weight excluding hydrogens is 795 g/mol. The van der Waals surface area contributed by atoms with Gasteiger partial charge in [0.2, 0.25) is 0 Å². The lowest BCUT2D eigenvalue weighted by Gasteiger charge is -2.46. The van der Waals surface area contributed by atoms with Crippen molar-refractivity contribution in [1.29, 1.82) is 0 Å². The Hall–Kier alpha value is -2.05. The summed E-state index contributed by atoms with van der Waals surface area (Å²) in [6, 6.07) is 30.2. The third-order valence-electron chi connectivity index (χ3n) is 9.62. The van der Waals surface area contributed by atoms with E-state index in [0.29, 0.717) is 26.4 Å². The Morgan fingerprint density at radius 1 is 0.528 bits per heavy atom. The van der Waals surface area contributed by atoms with Gasteiger partial charge in [-0.05, 0) is 44.4 Å². The molecule has 11 nitrogen and oxygen atoms in total. The monoisotopic (exact) mass is 846 g/mol. The molecule has 0 amide bonds. The summed E-state index contributed by atoms with van der Waals surface area (Å²) in [5, 5.41) is 0. The molecule has 4 fully saturated rings. The topological polar surface area (TPSA) is 102 Å². The van der Waals surface area contributed by atoms with Gasteiger partial charge in [0, 0.05) is 4.43 Å². The first kappa shape index (κ1) is 39.2. The number of fused-ring (bicyclic) bond motifs is 3. The molecule has 0 bridgehead atoms. The van der Waals surface area contributed by atoms with E-state index in [4.69, 9.17) is 52.1 Å². The zero-order valence-corrected chi connectivity index (χ0v) is 32.9. The zero-order chi connectivity index (χ0) is 36.8. The van der Waals surface area contributed by atoms with Crippen LogP contribution in [0.15, 0.2) is 91.0 Å². The summed E-state index contributed by atoms with van der Waals surface area (Å²) in [5.41, 5.74) is 3.12. The van der Waals surface area contributed by atoms with Gasteiger partial charge in [-0.15, -0.1) is 0 Å². The Balaban J connectivity index is 1.15. The van der Waals surface area contributed by atoms with Crippen LogP contribution >= 0.6 is 22.6 Å². The Morgan fingerprint density at radius 3 is 1.70 bits per heavy atom. The van der Waals surface area contributed by atoms with Gasteiger partial charge in [-0.2, -0.15) is 0 Å². The van der Waals surface area contributed by atoms with Gasteiger partial charge in [0.1, 0.15) is 48.8 Å². The highest BCUT2D eigenvalue weighted by Crippen LogP contribution is 2.44. The Kier molecular flexibility index (Phi) is 13.2. The third-order valence-corrected chi connectivity index (χ3v) is 10.1. The lowest BCUT2D eigenvalue weighted by molar-refractivity contribution is -0.335. The van der Waals surface area contributed by atoms with Crippen molar-refractivity contribution in [2.24, 2.45) is 0 Å². The van der Waals surface area contributed by atoms with Crippen molar-refractivity contribution in [2.75, 3.05) is 24.2 Å². The molecule has 0 saturated carbocycles. The smallest absolute Gasteiger partial charge is 0.190 e. The molecule has 7 rings (SSSR count). The van der Waals surface area contributed by atoms with Crippen molar-refractivity contribution in [3.63, 3.8) is 0 Å². The number of rotatable bonds is 16. The first-order valence-electron chi connectivity index (χ1n) is 18.4. The normalized spacial score (nSPS) is 33.0. The molecule has 0 N–H and O–H groups in total. The van der Waals surface area contributed by atoms with Crippen LogP contribution in [-0.2, 0) is 71.9 Å². The second kappa shape index (κ2) is 17.8. The Bertz CT molecular complexity index is 1550. The van der Waals surface area contributed by atoms with E-state index in [1.54, 1.807) is 0 Å². The van der Waals surface area contributed by atoms with Crippen molar-refractivity contribution in [3.8, 4) is 0 Å². The average Bonchev–Trinajstić information content (AvgIpc) is 3.66. The summed E-state index contributed by atoms with van der Waals surface area (Å²) in [6.07, 6.45) is -5.69. The van der Waals surface area contributed by atoms with Gasteiger partial charge >= 0.3 is 0 Å². The molecule has 4 saturated heterocycles. The van der Waals surface area contributed by atoms with Crippen LogP contribution in [0, 0.1) is 0 Å². The molecule has 1 unspecified atom stereocenters. The molecule has 0 spiro atoms. The van der Waals surface area contributed by atoms with Crippen LogP contribution in [0.2, 0.25) is 0 Å². The molecule has 3 aromatic rings. The van der Waals surface area contributed by atoms with E-state index in [1.807, 2.05) is 119 Å². The van der Waals surface area contributed by atoms with E-state index >= 15 is 0 Å². The highest BCUT2D eigenvalue weighted by molar-refractivity contribution is 14.1. The SMILES string of the molecule is CC1(C)O[C@H]2[C@@H](O1)[C@@H](COC1O[C@H](COCc3ccccc3)[C@@H](OCc3ccccc3)[C@H](OCc3ccccc3)[C@H]1OCCI)O[C@@H]1OC(C)(C)O[C@@H]12. The van der Waals surface area contributed by atoms with Gasteiger partial charge in [-0.1, -0.05) is 114 Å². The standard InChI is InChI=1S/C41H51IO11/c1-40(2)50-33-31(49-39-37(35(33)51-40)52-41(3,4)53-39)26-47-38-36(44-21-20-42)34(46-24-29-18-12-7-13-19-29)32(45-23-28-16-10-6-11-17-28)30(48-38)25-43-22-27-14-8-5-9-15-27/h5-19,30-39H,20-26H2,1-4H3/t30-,31-,32-,33+,34+,35+,36-,37-,38?,39-/m1/s1. The fourth-order valence-electron chi connectivity index (χ4n) is 7.31. The maximum atomic E-state index is 6.82. The van der Waals surface area contributed by atoms with Gasteiger partial charge in [0.15, 0.2) is 24.2 Å². The molecule has 10 atom stereocenters. The number of halogens is 1. The molecule has 288 valence electrons. The molecule has 12 heteroatoms. The Labute approximate surface area is 325 Å². The molecule has 53 heavy (non-hydrogen) atoms. The summed E-state index contributed by atoms with van der Waals surface area (Å²) in [4.78, 5) is 0. The van der Waals surface area contributed by atoms with Crippen LogP contribution in [0.3, 0.4) is 0 Å². The maximum Gasteiger partial charge on any atom is 0.190 e. The molecule has 4 aliphatic rings. The number of alkyl halides is 1. The van der Waals surface area contributed by atoms with E-state index in [2.05, 4.69) is 22.6 Å². The largest absolute Gasteiger partial charge is 0.374 e. The fourth-order valence-corrected chi connectivity index (χ4v) is 7.57. The third kappa shape index (κ3) is 10.0. The molecular formula is C41H51IO11. The fraction of sp³-hybridized carbons (Fsp3) is 0.561. The van der Waals surface area contributed by atoms with Crippen LogP contribution in [0.5, 0.6) is 0 Å². The van der Waals surface area contributed by atoms with Gasteiger partial charge in [-0.25, -0.2) is 0 Å². The minimum absolute atomic E-state index is 0.112. The van der Waals surface area contributed by atoms with E-state index in [1.165, 1.54) is 0 Å². The number of ether oxygens (including phenoxy) is 11. The minimum atomic E-state index is -0.854. The van der Waals surface area contributed by atoms with Crippen molar-refractivity contribution >= 4 is 22.6 Å². The molecule has 0 radical (unpaired) electrons. The van der Waals surface area contributed by atoms with Crippen molar-refractivity contribution in [1.82, 2.24) is 0 Å². The van der Waals surface area contributed by atoms with E-state index in [9.17, 15) is 0 Å². The summed E-state index contributed by atoms with van der Waals surface area (Å²) in [6.45, 7) is 9.43. The van der Waals surface area contributed by atoms with Crippen molar-refractivity contribution < 1.29 is 52.1 Å². The highest BCUT2D eigenvalue weighted by atomic mass is 127. The van der Waals surface area contributed by atoms with E-state index < -0.39 is 73.0 Å². The van der Waals surface area contributed by atoms with Crippen molar-refractivity contribution in [2.45, 2.75) is 121 Å². The van der Waals surface area contributed by atoms with E-state index in [0.717, 1.165) is 21.1 Å². The molecule has 0 aromatic heterocycles. The van der Waals surface area contributed by atoms with Gasteiger partial charge < -0.3 is 52.1 Å². The van der Waals surface area contributed by atoms with Crippen molar-refractivity contribution in [3.05, 3.63) is 108 Å². The van der Waals surface area contributed by atoms with Crippen LogP contribution in [0.25, 0.3) is 0 Å². The van der Waals surface area contributed by atoms with Gasteiger partial charge in [-0.3, -0.25) is 0 Å². The molecule has 0 aliphatic carbocycles. The minimum Gasteiger partial charge on any atom is -0.374 e. The molecule has 4 aliphatic heterocycles. The average molecular weight is 847 g/mol. The first-order chi connectivity index (χ1) is 25.7. The second-order valence-electron chi connectivity index (χ2n) is 14.6. The highest BCUT2D eigenvalue weighted by Gasteiger charge is 2.61. The van der Waals surface area contributed by atoms with E-state index in [-0.39, 0.29) is 13.2 Å². The maximum absolute atomic E-state index is 6.82. The quantitative estimate of drug-likeness (QED) is 0.120. The van der Waals surface area contributed by atoms with Crippen LogP contribution in [0.1, 0.15) is 44.4 Å². The Morgan fingerprint density at radius 2 is 1.08 bits per heavy atom. The lowest BCUT2D eigenvalue weighted by atomic mass is 9.97. The van der Waals surface area contributed by atoms with Gasteiger partial charge in [0.25, 0.3) is 0 Å². The van der Waals surface area contributed by atoms with Crippen LogP contribution in [-0.4, -0.2) is 97.2 Å². The summed E-state index contributed by atoms with van der Waals surface area (Å²) >= 11 is 2.30. The predicted molar refractivity (Wildman–Crippen MR) is 202 cm³/mol. The summed E-state index contributed by atoms with van der Waals surface area (Å²) in [5.74, 6) is -1.67. The number of hydrogen-bond acceptors (Lipinski definition) is 11. The van der Waals surface area contributed by atoms with Crippen LogP contribution < -0.4 is 0 Å². The second-order valence-corrected chi connectivity index (χ2v) is 15.7. The lowest BCUT2D eigenvalue weighted by Crippen LogP contribution is -2.63. The zero-order valence-electron chi connectivity index (χ0n) is 30.8. The number of benzene rings is 3. The number of hydrogen-bond donors (Lipinski definition) is 0. The molecule has 3 aromatic carbocycles. The predicted octanol–water partition coefficient (Wildman–Crippen LogP) is 6.33. The van der Waals surface area contributed by atoms with Crippen LogP contribution in [0.4, 0.5) is 0 Å². The summed E-state index contributed by atoms with van der Waals surface area (Å²) < 4.78 is 72.2. The first-order valence-corrected chi connectivity index (χ1v) is 19.9.